The fourth-order valence-corrected chi connectivity index (χ4v) is 3.61. The standard InChI is InChI=1S/C24H24N2/c1-17-8-10-18(11-9-17)24(19-12-14-20(15-13-19)26(2)3)22-16-25-23-7-5-4-6-21(22)23/h4-16,24-25H,1-3H3. The summed E-state index contributed by atoms with van der Waals surface area (Å²) in [4.78, 5) is 5.58. The number of para-hydroxylation sites is 1. The molecular weight excluding hydrogens is 316 g/mol. The van der Waals surface area contributed by atoms with Gasteiger partial charge >= 0.3 is 0 Å². The number of benzene rings is 3. The summed E-state index contributed by atoms with van der Waals surface area (Å²) >= 11 is 0. The molecule has 0 aliphatic heterocycles. The van der Waals surface area contributed by atoms with Crippen molar-refractivity contribution in [2.45, 2.75) is 12.8 Å². The lowest BCUT2D eigenvalue weighted by Crippen LogP contribution is -2.09. The Hall–Kier alpha value is -3.00. The molecule has 4 rings (SSSR count). The van der Waals surface area contributed by atoms with E-state index >= 15 is 0 Å². The quantitative estimate of drug-likeness (QED) is 0.503. The fourth-order valence-electron chi connectivity index (χ4n) is 3.61. The van der Waals surface area contributed by atoms with Gasteiger partial charge in [-0.1, -0.05) is 60.2 Å². The van der Waals surface area contributed by atoms with Crippen molar-refractivity contribution in [1.29, 1.82) is 0 Å². The van der Waals surface area contributed by atoms with Gasteiger partial charge in [-0.05, 0) is 41.8 Å². The Morgan fingerprint density at radius 3 is 2.04 bits per heavy atom. The first-order valence-electron chi connectivity index (χ1n) is 9.03. The van der Waals surface area contributed by atoms with Crippen LogP contribution >= 0.6 is 0 Å². The summed E-state index contributed by atoms with van der Waals surface area (Å²) in [5, 5.41) is 1.29. The van der Waals surface area contributed by atoms with Crippen molar-refractivity contribution in [2.24, 2.45) is 0 Å². The Kier molecular flexibility index (Phi) is 4.26. The van der Waals surface area contributed by atoms with Crippen LogP contribution in [0, 0.1) is 6.92 Å². The smallest absolute Gasteiger partial charge is 0.0457 e. The number of anilines is 1. The van der Waals surface area contributed by atoms with Crippen LogP contribution in [0.15, 0.2) is 79.0 Å². The van der Waals surface area contributed by atoms with E-state index in [1.807, 2.05) is 0 Å². The molecule has 0 fully saturated rings. The largest absolute Gasteiger partial charge is 0.378 e. The molecule has 2 nitrogen and oxygen atoms in total. The molecule has 130 valence electrons. The predicted octanol–water partition coefficient (Wildman–Crippen LogP) is 5.72. The minimum atomic E-state index is 0.211. The molecule has 0 spiro atoms. The van der Waals surface area contributed by atoms with E-state index < -0.39 is 0 Å². The van der Waals surface area contributed by atoms with Gasteiger partial charge in [0.1, 0.15) is 0 Å². The minimum absolute atomic E-state index is 0.211. The van der Waals surface area contributed by atoms with E-state index in [1.165, 1.54) is 38.8 Å². The molecular formula is C24H24N2. The second-order valence-corrected chi connectivity index (χ2v) is 7.12. The van der Waals surface area contributed by atoms with Gasteiger partial charge in [-0.2, -0.15) is 0 Å². The van der Waals surface area contributed by atoms with Gasteiger partial charge in [0.15, 0.2) is 0 Å². The molecule has 1 atom stereocenters. The highest BCUT2D eigenvalue weighted by Crippen LogP contribution is 2.36. The molecule has 0 aliphatic carbocycles. The highest BCUT2D eigenvalue weighted by molar-refractivity contribution is 5.84. The van der Waals surface area contributed by atoms with E-state index in [0.29, 0.717) is 0 Å². The zero-order chi connectivity index (χ0) is 18.1. The van der Waals surface area contributed by atoms with Gasteiger partial charge in [0.2, 0.25) is 0 Å². The number of nitrogens with one attached hydrogen (secondary N) is 1. The van der Waals surface area contributed by atoms with Gasteiger partial charge in [0.25, 0.3) is 0 Å². The lowest BCUT2D eigenvalue weighted by molar-refractivity contribution is 0.983. The van der Waals surface area contributed by atoms with Crippen LogP contribution in [0.4, 0.5) is 5.69 Å². The molecule has 0 bridgehead atoms. The van der Waals surface area contributed by atoms with Gasteiger partial charge in [-0.3, -0.25) is 0 Å². The summed E-state index contributed by atoms with van der Waals surface area (Å²) in [6.45, 7) is 2.14. The topological polar surface area (TPSA) is 19.0 Å². The third-order valence-corrected chi connectivity index (χ3v) is 5.09. The van der Waals surface area contributed by atoms with Crippen molar-refractivity contribution in [3.05, 3.63) is 101 Å². The monoisotopic (exact) mass is 340 g/mol. The van der Waals surface area contributed by atoms with Crippen LogP contribution in [0.3, 0.4) is 0 Å². The predicted molar refractivity (Wildman–Crippen MR) is 111 cm³/mol. The third kappa shape index (κ3) is 2.99. The van der Waals surface area contributed by atoms with E-state index in [1.54, 1.807) is 0 Å². The normalized spacial score (nSPS) is 12.3. The van der Waals surface area contributed by atoms with E-state index in [4.69, 9.17) is 0 Å². The lowest BCUT2D eigenvalue weighted by atomic mass is 9.84. The van der Waals surface area contributed by atoms with Gasteiger partial charge in [-0.25, -0.2) is 0 Å². The highest BCUT2D eigenvalue weighted by Gasteiger charge is 2.20. The van der Waals surface area contributed by atoms with Crippen LogP contribution in [0.25, 0.3) is 10.9 Å². The molecule has 0 radical (unpaired) electrons. The maximum absolute atomic E-state index is 3.44. The Balaban J connectivity index is 1.88. The van der Waals surface area contributed by atoms with Gasteiger partial charge in [0.05, 0.1) is 0 Å². The molecule has 0 saturated carbocycles. The van der Waals surface area contributed by atoms with Crippen LogP contribution in [0.5, 0.6) is 0 Å². The third-order valence-electron chi connectivity index (χ3n) is 5.09. The molecule has 26 heavy (non-hydrogen) atoms. The average molecular weight is 340 g/mol. The van der Waals surface area contributed by atoms with E-state index in [0.717, 1.165) is 0 Å². The molecule has 2 heteroatoms. The minimum Gasteiger partial charge on any atom is -0.378 e. The second-order valence-electron chi connectivity index (χ2n) is 7.12. The Labute approximate surface area is 155 Å². The molecule has 1 unspecified atom stereocenters. The fraction of sp³-hybridized carbons (Fsp3) is 0.167. The van der Waals surface area contributed by atoms with Gasteiger partial charge in [0, 0.05) is 42.8 Å². The van der Waals surface area contributed by atoms with Crippen LogP contribution in [0.1, 0.15) is 28.2 Å². The molecule has 0 saturated heterocycles. The van der Waals surface area contributed by atoms with Crippen molar-refractivity contribution in [3.63, 3.8) is 0 Å². The van der Waals surface area contributed by atoms with Crippen molar-refractivity contribution in [3.8, 4) is 0 Å². The van der Waals surface area contributed by atoms with E-state index in [2.05, 4.69) is 110 Å². The molecule has 3 aromatic carbocycles. The molecule has 1 heterocycles. The van der Waals surface area contributed by atoms with E-state index in [9.17, 15) is 0 Å². The van der Waals surface area contributed by atoms with Crippen LogP contribution in [0.2, 0.25) is 0 Å². The maximum atomic E-state index is 3.44. The number of rotatable bonds is 4. The number of aromatic amines is 1. The summed E-state index contributed by atoms with van der Waals surface area (Å²) in [5.74, 6) is 0.211. The summed E-state index contributed by atoms with van der Waals surface area (Å²) in [6.07, 6.45) is 2.16. The number of hydrogen-bond donors (Lipinski definition) is 1. The van der Waals surface area contributed by atoms with E-state index in [-0.39, 0.29) is 5.92 Å². The summed E-state index contributed by atoms with van der Waals surface area (Å²) in [5.41, 5.74) is 7.64. The van der Waals surface area contributed by atoms with Crippen LogP contribution in [-0.2, 0) is 0 Å². The Morgan fingerprint density at radius 1 is 0.769 bits per heavy atom. The van der Waals surface area contributed by atoms with Gasteiger partial charge < -0.3 is 9.88 Å². The summed E-state index contributed by atoms with van der Waals surface area (Å²) in [7, 11) is 4.15. The zero-order valence-corrected chi connectivity index (χ0v) is 15.5. The molecule has 1 aromatic heterocycles. The molecule has 0 amide bonds. The zero-order valence-electron chi connectivity index (χ0n) is 15.5. The maximum Gasteiger partial charge on any atom is 0.0457 e. The first-order valence-corrected chi connectivity index (χ1v) is 9.03. The lowest BCUT2D eigenvalue weighted by Gasteiger charge is -2.20. The Morgan fingerprint density at radius 2 is 1.38 bits per heavy atom. The van der Waals surface area contributed by atoms with Crippen molar-refractivity contribution >= 4 is 16.6 Å². The molecule has 0 aliphatic rings. The summed E-state index contributed by atoms with van der Waals surface area (Å²) in [6, 6.07) is 26.3. The number of hydrogen-bond acceptors (Lipinski definition) is 1. The van der Waals surface area contributed by atoms with Crippen LogP contribution in [-0.4, -0.2) is 19.1 Å². The average Bonchev–Trinajstić information content (AvgIpc) is 3.08. The SMILES string of the molecule is Cc1ccc(C(c2ccc(N(C)C)cc2)c2c[nH]c3ccccc23)cc1. The van der Waals surface area contributed by atoms with Crippen molar-refractivity contribution < 1.29 is 0 Å². The number of nitrogens with zero attached hydrogens (tertiary/aromatic N) is 1. The van der Waals surface area contributed by atoms with Crippen LogP contribution < -0.4 is 4.90 Å². The number of fused-ring (bicyclic) bond motifs is 1. The first-order chi connectivity index (χ1) is 12.6. The first kappa shape index (κ1) is 16.5. The number of aromatic nitrogens is 1. The number of aryl methyl sites for hydroxylation is 1. The van der Waals surface area contributed by atoms with Crippen molar-refractivity contribution in [1.82, 2.24) is 4.98 Å². The summed E-state index contributed by atoms with van der Waals surface area (Å²) < 4.78 is 0. The highest BCUT2D eigenvalue weighted by atomic mass is 15.1. The van der Waals surface area contributed by atoms with Gasteiger partial charge in [-0.15, -0.1) is 0 Å². The molecule has 4 aromatic rings. The second kappa shape index (κ2) is 6.72. The number of H-pyrrole nitrogens is 1. The van der Waals surface area contributed by atoms with Crippen molar-refractivity contribution in [2.75, 3.05) is 19.0 Å². The Bertz CT molecular complexity index is 1010. The molecule has 1 N–H and O–H groups in total.